The topological polar surface area (TPSA) is 66.9 Å². The summed E-state index contributed by atoms with van der Waals surface area (Å²) in [5, 5.41) is 13.6. The number of carbonyl (C=O) groups excluding carboxylic acids is 1. The fraction of sp³-hybridized carbons (Fsp3) is 0.105. The van der Waals surface area contributed by atoms with Gasteiger partial charge in [-0.05, 0) is 48.4 Å². The largest absolute Gasteiger partial charge is 0.339 e. The van der Waals surface area contributed by atoms with E-state index in [4.69, 9.17) is 0 Å². The molecule has 2 N–H and O–H groups in total. The molecule has 5 nitrogen and oxygen atoms in total. The molecule has 3 rings (SSSR count). The maximum atomic E-state index is 13.2. The van der Waals surface area contributed by atoms with Gasteiger partial charge in [0.2, 0.25) is 5.91 Å². The Bertz CT molecular complexity index is 881. The lowest BCUT2D eigenvalue weighted by Crippen LogP contribution is -2.16. The van der Waals surface area contributed by atoms with Crippen LogP contribution in [0.15, 0.2) is 60.7 Å². The third-order valence-corrected chi connectivity index (χ3v) is 3.64. The third kappa shape index (κ3) is 4.60. The lowest BCUT2D eigenvalue weighted by Gasteiger charge is -2.08. The number of amides is 1. The van der Waals surface area contributed by atoms with Crippen LogP contribution in [0.2, 0.25) is 0 Å². The van der Waals surface area contributed by atoms with Gasteiger partial charge in [-0.25, -0.2) is 4.39 Å². The van der Waals surface area contributed by atoms with Crippen LogP contribution in [-0.4, -0.2) is 16.1 Å². The van der Waals surface area contributed by atoms with Crippen molar-refractivity contribution >= 4 is 23.2 Å². The molecule has 1 aromatic heterocycles. The van der Waals surface area contributed by atoms with E-state index in [-0.39, 0.29) is 18.1 Å². The van der Waals surface area contributed by atoms with Crippen molar-refractivity contribution < 1.29 is 9.18 Å². The van der Waals surface area contributed by atoms with Gasteiger partial charge in [0, 0.05) is 5.69 Å². The summed E-state index contributed by atoms with van der Waals surface area (Å²) in [7, 11) is 0. The van der Waals surface area contributed by atoms with E-state index in [9.17, 15) is 9.18 Å². The molecule has 0 spiro atoms. The molecule has 1 amide bonds. The zero-order chi connectivity index (χ0) is 17.6. The minimum absolute atomic E-state index is 0.158. The Kier molecular flexibility index (Phi) is 4.99. The van der Waals surface area contributed by atoms with Gasteiger partial charge >= 0.3 is 0 Å². The minimum atomic E-state index is -0.335. The van der Waals surface area contributed by atoms with Crippen LogP contribution in [0.25, 0.3) is 0 Å². The molecule has 0 saturated heterocycles. The van der Waals surface area contributed by atoms with E-state index >= 15 is 0 Å². The normalized spacial score (nSPS) is 10.3. The molecule has 0 aliphatic carbocycles. The molecule has 0 bridgehead atoms. The number of nitrogens with one attached hydrogen (secondary N) is 2. The van der Waals surface area contributed by atoms with Gasteiger partial charge in [0.1, 0.15) is 5.82 Å². The van der Waals surface area contributed by atoms with E-state index in [0.29, 0.717) is 17.3 Å². The first-order valence-corrected chi connectivity index (χ1v) is 7.81. The number of anilines is 3. The lowest BCUT2D eigenvalue weighted by atomic mass is 10.1. The zero-order valence-electron chi connectivity index (χ0n) is 13.7. The molecule has 0 aliphatic heterocycles. The Balaban J connectivity index is 1.60. The second-order valence-electron chi connectivity index (χ2n) is 5.59. The first kappa shape index (κ1) is 16.6. The number of aromatic nitrogens is 2. The van der Waals surface area contributed by atoms with Crippen LogP contribution < -0.4 is 10.6 Å². The van der Waals surface area contributed by atoms with Gasteiger partial charge in [0.15, 0.2) is 11.6 Å². The van der Waals surface area contributed by atoms with Crippen molar-refractivity contribution in [3.63, 3.8) is 0 Å². The van der Waals surface area contributed by atoms with Crippen molar-refractivity contribution in [2.75, 3.05) is 10.6 Å². The highest BCUT2D eigenvalue weighted by atomic mass is 19.1. The van der Waals surface area contributed by atoms with Crippen LogP contribution in [0, 0.1) is 12.7 Å². The maximum absolute atomic E-state index is 13.2. The highest BCUT2D eigenvalue weighted by Gasteiger charge is 2.07. The van der Waals surface area contributed by atoms with Crippen LogP contribution >= 0.6 is 0 Å². The smallest absolute Gasteiger partial charge is 0.230 e. The molecule has 3 aromatic rings. The molecule has 0 unspecified atom stereocenters. The number of nitrogens with zero attached hydrogens (tertiary/aromatic N) is 2. The second kappa shape index (κ2) is 7.53. The van der Waals surface area contributed by atoms with E-state index in [1.807, 2.05) is 31.2 Å². The van der Waals surface area contributed by atoms with Crippen molar-refractivity contribution in [3.8, 4) is 0 Å². The number of hydrogen-bond donors (Lipinski definition) is 2. The molecule has 0 aliphatic rings. The number of aryl methyl sites for hydroxylation is 1. The van der Waals surface area contributed by atoms with E-state index < -0.39 is 0 Å². The van der Waals surface area contributed by atoms with Gasteiger partial charge in [0.05, 0.1) is 6.42 Å². The van der Waals surface area contributed by atoms with E-state index in [1.165, 1.54) is 12.1 Å². The number of benzene rings is 2. The average molecular weight is 336 g/mol. The monoisotopic (exact) mass is 336 g/mol. The van der Waals surface area contributed by atoms with Crippen molar-refractivity contribution in [1.29, 1.82) is 0 Å². The first-order valence-electron chi connectivity index (χ1n) is 7.81. The molecule has 126 valence electrons. The lowest BCUT2D eigenvalue weighted by molar-refractivity contribution is -0.115. The molecule has 0 radical (unpaired) electrons. The Morgan fingerprint density at radius 2 is 1.76 bits per heavy atom. The van der Waals surface area contributed by atoms with Gasteiger partial charge in [-0.15, -0.1) is 10.2 Å². The van der Waals surface area contributed by atoms with E-state index in [0.717, 1.165) is 11.1 Å². The van der Waals surface area contributed by atoms with Gasteiger partial charge in [-0.3, -0.25) is 4.79 Å². The summed E-state index contributed by atoms with van der Waals surface area (Å²) in [5.41, 5.74) is 2.61. The SMILES string of the molecule is Cc1ccccc1CC(=O)Nc1ccc(Nc2cccc(F)c2)nn1. The number of carbonyl (C=O) groups is 1. The van der Waals surface area contributed by atoms with Gasteiger partial charge in [-0.1, -0.05) is 30.3 Å². The van der Waals surface area contributed by atoms with Crippen molar-refractivity contribution in [2.24, 2.45) is 0 Å². The Hall–Kier alpha value is -3.28. The Morgan fingerprint density at radius 1 is 1.00 bits per heavy atom. The van der Waals surface area contributed by atoms with Crippen molar-refractivity contribution in [1.82, 2.24) is 10.2 Å². The molecular weight excluding hydrogens is 319 g/mol. The molecule has 0 saturated carbocycles. The molecule has 2 aromatic carbocycles. The molecule has 0 atom stereocenters. The quantitative estimate of drug-likeness (QED) is 0.743. The number of hydrogen-bond acceptors (Lipinski definition) is 4. The van der Waals surface area contributed by atoms with E-state index in [2.05, 4.69) is 20.8 Å². The Labute approximate surface area is 144 Å². The number of halogens is 1. The van der Waals surface area contributed by atoms with Crippen molar-refractivity contribution in [2.45, 2.75) is 13.3 Å². The summed E-state index contributed by atoms with van der Waals surface area (Å²) in [4.78, 5) is 12.1. The molecule has 1 heterocycles. The summed E-state index contributed by atoms with van der Waals surface area (Å²) < 4.78 is 13.2. The summed E-state index contributed by atoms with van der Waals surface area (Å²) in [6.07, 6.45) is 0.275. The molecule has 0 fully saturated rings. The standard InChI is InChI=1S/C19H17FN4O/c1-13-5-2-3-6-14(13)11-19(25)22-18-10-9-17(23-24-18)21-16-8-4-7-15(20)12-16/h2-10,12H,11H2,1H3,(H,21,23)(H,22,24,25). The molecule has 25 heavy (non-hydrogen) atoms. The first-order chi connectivity index (χ1) is 12.1. The summed E-state index contributed by atoms with van der Waals surface area (Å²) >= 11 is 0. The van der Waals surface area contributed by atoms with Crippen LogP contribution in [-0.2, 0) is 11.2 Å². The minimum Gasteiger partial charge on any atom is -0.339 e. The van der Waals surface area contributed by atoms with Gasteiger partial charge in [0.25, 0.3) is 0 Å². The third-order valence-electron chi connectivity index (χ3n) is 3.64. The average Bonchev–Trinajstić information content (AvgIpc) is 2.59. The summed E-state index contributed by atoms with van der Waals surface area (Å²) in [5.74, 6) is 0.332. The van der Waals surface area contributed by atoms with Crippen LogP contribution in [0.5, 0.6) is 0 Å². The van der Waals surface area contributed by atoms with Gasteiger partial charge < -0.3 is 10.6 Å². The Morgan fingerprint density at radius 3 is 2.48 bits per heavy atom. The maximum Gasteiger partial charge on any atom is 0.230 e. The predicted octanol–water partition coefficient (Wildman–Crippen LogP) is 3.85. The van der Waals surface area contributed by atoms with Crippen LogP contribution in [0.3, 0.4) is 0 Å². The predicted molar refractivity (Wildman–Crippen MR) is 95.2 cm³/mol. The number of rotatable bonds is 5. The van der Waals surface area contributed by atoms with Gasteiger partial charge in [-0.2, -0.15) is 0 Å². The zero-order valence-corrected chi connectivity index (χ0v) is 13.7. The summed E-state index contributed by atoms with van der Waals surface area (Å²) in [6, 6.07) is 17.1. The van der Waals surface area contributed by atoms with Crippen LogP contribution in [0.1, 0.15) is 11.1 Å². The molecular formula is C19H17FN4O. The molecule has 6 heteroatoms. The van der Waals surface area contributed by atoms with Crippen LogP contribution in [0.4, 0.5) is 21.7 Å². The highest BCUT2D eigenvalue weighted by molar-refractivity contribution is 5.91. The van der Waals surface area contributed by atoms with E-state index in [1.54, 1.807) is 24.3 Å². The fourth-order valence-corrected chi connectivity index (χ4v) is 2.35. The second-order valence-corrected chi connectivity index (χ2v) is 5.59. The summed E-state index contributed by atoms with van der Waals surface area (Å²) in [6.45, 7) is 1.97. The highest BCUT2D eigenvalue weighted by Crippen LogP contribution is 2.16. The fourth-order valence-electron chi connectivity index (χ4n) is 2.35. The van der Waals surface area contributed by atoms with Crippen molar-refractivity contribution in [3.05, 3.63) is 77.6 Å².